The molecule has 0 saturated carbocycles. The highest BCUT2D eigenvalue weighted by Crippen LogP contribution is 2.30. The Morgan fingerprint density at radius 1 is 1.26 bits per heavy atom. The maximum Gasteiger partial charge on any atom is 0.0538 e. The van der Waals surface area contributed by atoms with Gasteiger partial charge < -0.3 is 5.73 Å². The molecule has 2 aromatic rings. The number of hydrogen-bond acceptors (Lipinski definition) is 3. The molecule has 0 fully saturated rings. The van der Waals surface area contributed by atoms with Gasteiger partial charge in [0.15, 0.2) is 0 Å². The minimum atomic E-state index is 0.257. The van der Waals surface area contributed by atoms with E-state index in [1.807, 2.05) is 10.9 Å². The van der Waals surface area contributed by atoms with Crippen LogP contribution in [0.2, 0.25) is 0 Å². The lowest BCUT2D eigenvalue weighted by Gasteiger charge is -2.25. The van der Waals surface area contributed by atoms with Gasteiger partial charge in [0.25, 0.3) is 0 Å². The van der Waals surface area contributed by atoms with Crippen LogP contribution in [-0.2, 0) is 19.6 Å². The molecule has 0 aliphatic carbocycles. The summed E-state index contributed by atoms with van der Waals surface area (Å²) in [6.07, 6.45) is 4.06. The van der Waals surface area contributed by atoms with E-state index in [0.29, 0.717) is 6.54 Å². The third kappa shape index (κ3) is 2.29. The summed E-state index contributed by atoms with van der Waals surface area (Å²) in [5.74, 6) is 0. The van der Waals surface area contributed by atoms with Crippen LogP contribution in [-0.4, -0.2) is 21.2 Å². The summed E-state index contributed by atoms with van der Waals surface area (Å²) >= 11 is 0. The Morgan fingerprint density at radius 3 is 2.47 bits per heavy atom. The van der Waals surface area contributed by atoms with Crippen molar-refractivity contribution in [3.05, 3.63) is 53.3 Å². The van der Waals surface area contributed by atoms with E-state index >= 15 is 0 Å². The van der Waals surface area contributed by atoms with Crippen molar-refractivity contribution in [1.82, 2.24) is 14.7 Å². The first-order valence-corrected chi connectivity index (χ1v) is 6.85. The number of rotatable bonds is 4. The fourth-order valence-electron chi connectivity index (χ4n) is 2.80. The summed E-state index contributed by atoms with van der Waals surface area (Å²) in [6.45, 7) is 5.59. The standard InChI is InChI=1S/C15H20N4/c1-2-19-11-14(8-17-19)15(7-16)18-9-12-5-3-4-6-13(12)10-18/h3-6,8,11,15H,2,7,9-10,16H2,1H3. The van der Waals surface area contributed by atoms with Crippen molar-refractivity contribution >= 4 is 0 Å². The molecular formula is C15H20N4. The van der Waals surface area contributed by atoms with Crippen molar-refractivity contribution in [3.8, 4) is 0 Å². The molecule has 0 saturated heterocycles. The quantitative estimate of drug-likeness (QED) is 0.909. The highest BCUT2D eigenvalue weighted by Gasteiger charge is 2.26. The normalized spacial score (nSPS) is 16.5. The van der Waals surface area contributed by atoms with E-state index in [2.05, 4.69) is 47.4 Å². The maximum atomic E-state index is 5.99. The number of fused-ring (bicyclic) bond motifs is 1. The number of hydrogen-bond donors (Lipinski definition) is 1. The first kappa shape index (κ1) is 12.4. The van der Waals surface area contributed by atoms with Crippen molar-refractivity contribution in [2.75, 3.05) is 6.54 Å². The van der Waals surface area contributed by atoms with Gasteiger partial charge in [0.05, 0.1) is 12.2 Å². The zero-order valence-corrected chi connectivity index (χ0v) is 11.3. The Morgan fingerprint density at radius 2 is 1.95 bits per heavy atom. The lowest BCUT2D eigenvalue weighted by Crippen LogP contribution is -2.29. The largest absolute Gasteiger partial charge is 0.329 e. The number of benzene rings is 1. The van der Waals surface area contributed by atoms with Gasteiger partial charge >= 0.3 is 0 Å². The topological polar surface area (TPSA) is 47.1 Å². The summed E-state index contributed by atoms with van der Waals surface area (Å²) < 4.78 is 1.96. The van der Waals surface area contributed by atoms with Crippen LogP contribution >= 0.6 is 0 Å². The second-order valence-electron chi connectivity index (χ2n) is 5.05. The molecule has 2 heterocycles. The van der Waals surface area contributed by atoms with E-state index in [4.69, 9.17) is 5.73 Å². The van der Waals surface area contributed by atoms with Gasteiger partial charge in [-0.1, -0.05) is 24.3 Å². The number of nitrogens with zero attached hydrogens (tertiary/aromatic N) is 3. The molecule has 19 heavy (non-hydrogen) atoms. The summed E-state index contributed by atoms with van der Waals surface area (Å²) in [4.78, 5) is 2.43. The van der Waals surface area contributed by atoms with Gasteiger partial charge in [-0.05, 0) is 18.1 Å². The molecule has 100 valence electrons. The zero-order valence-electron chi connectivity index (χ0n) is 11.3. The highest BCUT2D eigenvalue weighted by molar-refractivity contribution is 5.31. The molecule has 0 radical (unpaired) electrons. The van der Waals surface area contributed by atoms with Crippen LogP contribution in [0.15, 0.2) is 36.7 Å². The number of nitrogens with two attached hydrogens (primary N) is 1. The van der Waals surface area contributed by atoms with E-state index in [9.17, 15) is 0 Å². The van der Waals surface area contributed by atoms with Gasteiger partial charge in [-0.2, -0.15) is 5.10 Å². The molecule has 1 aromatic heterocycles. The second-order valence-corrected chi connectivity index (χ2v) is 5.05. The van der Waals surface area contributed by atoms with Crippen LogP contribution in [0.25, 0.3) is 0 Å². The maximum absolute atomic E-state index is 5.99. The average Bonchev–Trinajstić information content (AvgIpc) is 3.05. The Bertz CT molecular complexity index is 536. The summed E-state index contributed by atoms with van der Waals surface area (Å²) in [7, 11) is 0. The van der Waals surface area contributed by atoms with Crippen LogP contribution in [0, 0.1) is 0 Å². The molecule has 4 heteroatoms. The minimum absolute atomic E-state index is 0.257. The Hall–Kier alpha value is -1.65. The molecular weight excluding hydrogens is 236 g/mol. The van der Waals surface area contributed by atoms with E-state index in [1.165, 1.54) is 16.7 Å². The third-order valence-electron chi connectivity index (χ3n) is 3.89. The van der Waals surface area contributed by atoms with Gasteiger partial charge in [-0.3, -0.25) is 9.58 Å². The van der Waals surface area contributed by atoms with E-state index in [1.54, 1.807) is 0 Å². The lowest BCUT2D eigenvalue weighted by molar-refractivity contribution is 0.205. The van der Waals surface area contributed by atoms with Gasteiger partial charge in [0.2, 0.25) is 0 Å². The van der Waals surface area contributed by atoms with Crippen molar-refractivity contribution in [2.24, 2.45) is 5.73 Å². The molecule has 0 amide bonds. The predicted octanol–water partition coefficient (Wildman–Crippen LogP) is 1.92. The van der Waals surface area contributed by atoms with Crippen LogP contribution in [0.1, 0.15) is 29.7 Å². The van der Waals surface area contributed by atoms with Crippen molar-refractivity contribution in [1.29, 1.82) is 0 Å². The molecule has 0 spiro atoms. The van der Waals surface area contributed by atoms with Crippen LogP contribution < -0.4 is 5.73 Å². The fraction of sp³-hybridized carbons (Fsp3) is 0.400. The van der Waals surface area contributed by atoms with Crippen LogP contribution in [0.3, 0.4) is 0 Å². The molecule has 1 unspecified atom stereocenters. The van der Waals surface area contributed by atoms with E-state index in [-0.39, 0.29) is 6.04 Å². The lowest BCUT2D eigenvalue weighted by atomic mass is 10.1. The Kier molecular flexibility index (Phi) is 3.36. The second kappa shape index (κ2) is 5.15. The molecule has 1 aromatic carbocycles. The predicted molar refractivity (Wildman–Crippen MR) is 75.4 cm³/mol. The highest BCUT2D eigenvalue weighted by atomic mass is 15.3. The molecule has 0 bridgehead atoms. The minimum Gasteiger partial charge on any atom is -0.329 e. The van der Waals surface area contributed by atoms with Crippen molar-refractivity contribution in [2.45, 2.75) is 32.6 Å². The van der Waals surface area contributed by atoms with Crippen LogP contribution in [0.4, 0.5) is 0 Å². The Labute approximate surface area is 113 Å². The molecule has 1 atom stereocenters. The fourth-order valence-corrected chi connectivity index (χ4v) is 2.80. The van der Waals surface area contributed by atoms with Crippen LogP contribution in [0.5, 0.6) is 0 Å². The van der Waals surface area contributed by atoms with Gasteiger partial charge in [-0.25, -0.2) is 0 Å². The molecule has 1 aliphatic heterocycles. The van der Waals surface area contributed by atoms with E-state index < -0.39 is 0 Å². The van der Waals surface area contributed by atoms with Gasteiger partial charge in [-0.15, -0.1) is 0 Å². The van der Waals surface area contributed by atoms with Gasteiger partial charge in [0.1, 0.15) is 0 Å². The molecule has 2 N–H and O–H groups in total. The molecule has 4 nitrogen and oxygen atoms in total. The number of aromatic nitrogens is 2. The monoisotopic (exact) mass is 256 g/mol. The van der Waals surface area contributed by atoms with Crippen molar-refractivity contribution < 1.29 is 0 Å². The SMILES string of the molecule is CCn1cc(C(CN)N2Cc3ccccc3C2)cn1. The van der Waals surface area contributed by atoms with E-state index in [0.717, 1.165) is 19.6 Å². The molecule has 1 aliphatic rings. The van der Waals surface area contributed by atoms with Gasteiger partial charge in [0, 0.05) is 37.9 Å². The molecule has 3 rings (SSSR count). The summed E-state index contributed by atoms with van der Waals surface area (Å²) in [5.41, 5.74) is 10.1. The summed E-state index contributed by atoms with van der Waals surface area (Å²) in [6, 6.07) is 8.88. The smallest absolute Gasteiger partial charge is 0.0538 e. The van der Waals surface area contributed by atoms with Crippen molar-refractivity contribution in [3.63, 3.8) is 0 Å². The zero-order chi connectivity index (χ0) is 13.2. The average molecular weight is 256 g/mol. The first-order chi connectivity index (χ1) is 9.31. The number of aryl methyl sites for hydroxylation is 1. The summed E-state index contributed by atoms with van der Waals surface area (Å²) in [5, 5.41) is 4.36. The third-order valence-corrected chi connectivity index (χ3v) is 3.89. The Balaban J connectivity index is 1.81. The first-order valence-electron chi connectivity index (χ1n) is 6.85.